The van der Waals surface area contributed by atoms with Gasteiger partial charge in [-0.2, -0.15) is 10.2 Å². The number of piperidine rings is 1. The molecular weight excluding hydrogens is 344 g/mol. The van der Waals surface area contributed by atoms with E-state index in [-0.39, 0.29) is 11.8 Å². The van der Waals surface area contributed by atoms with E-state index in [9.17, 15) is 4.79 Å². The maximum absolute atomic E-state index is 12.9. The van der Waals surface area contributed by atoms with Gasteiger partial charge in [0.1, 0.15) is 12.4 Å². The highest BCUT2D eigenvalue weighted by molar-refractivity contribution is 5.95. The first-order chi connectivity index (χ1) is 13.0. The number of hydrogen-bond acceptors (Lipinski definition) is 5. The van der Waals surface area contributed by atoms with E-state index in [0.29, 0.717) is 18.7 Å². The number of hydrogen-bond donors (Lipinski definition) is 0. The van der Waals surface area contributed by atoms with Crippen molar-refractivity contribution in [3.8, 4) is 0 Å². The van der Waals surface area contributed by atoms with Crippen molar-refractivity contribution in [1.82, 2.24) is 39.2 Å². The third-order valence-electron chi connectivity index (χ3n) is 5.18. The fraction of sp³-hybridized carbons (Fsp3) is 0.500. The summed E-state index contributed by atoms with van der Waals surface area (Å²) >= 11 is 0. The average molecular weight is 368 g/mol. The van der Waals surface area contributed by atoms with Gasteiger partial charge in [-0.05, 0) is 25.8 Å². The van der Waals surface area contributed by atoms with E-state index in [0.717, 1.165) is 36.7 Å². The number of aryl methyl sites for hydroxylation is 2. The van der Waals surface area contributed by atoms with Crippen molar-refractivity contribution in [1.29, 1.82) is 0 Å². The molecule has 1 saturated heterocycles. The van der Waals surface area contributed by atoms with Crippen LogP contribution in [0.1, 0.15) is 46.5 Å². The summed E-state index contributed by atoms with van der Waals surface area (Å²) in [7, 11) is 3.82. The first kappa shape index (κ1) is 17.4. The highest BCUT2D eigenvalue weighted by atomic mass is 16.2. The van der Waals surface area contributed by atoms with Crippen LogP contribution in [-0.4, -0.2) is 58.2 Å². The molecule has 0 N–H and O–H groups in total. The summed E-state index contributed by atoms with van der Waals surface area (Å²) in [4.78, 5) is 14.8. The summed E-state index contributed by atoms with van der Waals surface area (Å²) in [5.74, 6) is 2.02. The van der Waals surface area contributed by atoms with E-state index in [2.05, 4.69) is 20.4 Å². The largest absolute Gasteiger partial charge is 0.338 e. The van der Waals surface area contributed by atoms with Crippen molar-refractivity contribution >= 4 is 5.91 Å². The lowest BCUT2D eigenvalue weighted by Gasteiger charge is -2.32. The minimum Gasteiger partial charge on any atom is -0.338 e. The van der Waals surface area contributed by atoms with Crippen molar-refractivity contribution in [2.45, 2.75) is 32.2 Å². The minimum absolute atomic E-state index is 0.0456. The number of carbonyl (C=O) groups excluding carboxylic acids is 1. The molecule has 0 radical (unpaired) electrons. The van der Waals surface area contributed by atoms with Crippen molar-refractivity contribution in [2.24, 2.45) is 14.1 Å². The van der Waals surface area contributed by atoms with E-state index in [1.165, 1.54) is 0 Å². The topological polar surface area (TPSA) is 86.7 Å². The zero-order valence-electron chi connectivity index (χ0n) is 15.9. The Hall–Kier alpha value is -2.97. The fourth-order valence-corrected chi connectivity index (χ4v) is 3.76. The second-order valence-corrected chi connectivity index (χ2v) is 7.13. The van der Waals surface area contributed by atoms with Crippen LogP contribution in [-0.2, 0) is 20.6 Å². The lowest BCUT2D eigenvalue weighted by Crippen LogP contribution is -2.39. The molecule has 9 heteroatoms. The second kappa shape index (κ2) is 6.98. The van der Waals surface area contributed by atoms with Gasteiger partial charge in [-0.3, -0.25) is 14.2 Å². The van der Waals surface area contributed by atoms with Crippen LogP contribution in [0.15, 0.2) is 24.7 Å². The molecule has 0 aliphatic carbocycles. The molecule has 1 fully saturated rings. The Morgan fingerprint density at radius 3 is 2.85 bits per heavy atom. The lowest BCUT2D eigenvalue weighted by atomic mass is 9.96. The summed E-state index contributed by atoms with van der Waals surface area (Å²) in [5, 5.41) is 17.3. The Balaban J connectivity index is 1.51. The third kappa shape index (κ3) is 3.36. The molecule has 3 aromatic heterocycles. The van der Waals surface area contributed by atoms with Gasteiger partial charge in [-0.25, -0.2) is 0 Å². The van der Waals surface area contributed by atoms with E-state index in [4.69, 9.17) is 0 Å². The standard InChI is InChI=1S/C18H24N8O/c1-13-15(11-23(2)22-13)18(27)25-8-4-6-14(10-25)17-21-20-16(24(17)3)12-26-9-5-7-19-26/h5,7,9,11,14H,4,6,8,10,12H2,1-3H3. The van der Waals surface area contributed by atoms with Crippen molar-refractivity contribution < 1.29 is 4.79 Å². The molecule has 1 aliphatic heterocycles. The molecule has 0 saturated carbocycles. The molecule has 4 heterocycles. The Morgan fingerprint density at radius 2 is 2.15 bits per heavy atom. The normalized spacial score (nSPS) is 17.4. The zero-order chi connectivity index (χ0) is 19.0. The fourth-order valence-electron chi connectivity index (χ4n) is 3.76. The molecule has 0 aromatic carbocycles. The second-order valence-electron chi connectivity index (χ2n) is 7.13. The van der Waals surface area contributed by atoms with Crippen molar-refractivity contribution in [2.75, 3.05) is 13.1 Å². The molecule has 0 bridgehead atoms. The van der Waals surface area contributed by atoms with E-state index in [1.807, 2.05) is 47.4 Å². The number of nitrogens with zero attached hydrogens (tertiary/aromatic N) is 8. The molecule has 1 aliphatic rings. The monoisotopic (exact) mass is 368 g/mol. The van der Waals surface area contributed by atoms with Gasteiger partial charge in [-0.1, -0.05) is 0 Å². The maximum Gasteiger partial charge on any atom is 0.257 e. The highest BCUT2D eigenvalue weighted by Gasteiger charge is 2.30. The first-order valence-electron chi connectivity index (χ1n) is 9.18. The number of rotatable bonds is 4. The number of carbonyl (C=O) groups is 1. The molecule has 27 heavy (non-hydrogen) atoms. The third-order valence-corrected chi connectivity index (χ3v) is 5.18. The Labute approximate surface area is 157 Å². The van der Waals surface area contributed by atoms with E-state index < -0.39 is 0 Å². The van der Waals surface area contributed by atoms with Crippen molar-refractivity contribution in [3.05, 3.63) is 47.6 Å². The van der Waals surface area contributed by atoms with Gasteiger partial charge >= 0.3 is 0 Å². The van der Waals surface area contributed by atoms with Crippen LogP contribution >= 0.6 is 0 Å². The SMILES string of the molecule is Cc1nn(C)cc1C(=O)N1CCCC(c2nnc(Cn3cccn3)n2C)C1. The van der Waals surface area contributed by atoms with Crippen molar-refractivity contribution in [3.63, 3.8) is 0 Å². The molecule has 4 rings (SSSR count). The van der Waals surface area contributed by atoms with Crippen LogP contribution < -0.4 is 0 Å². The van der Waals surface area contributed by atoms with Crippen LogP contribution in [0.4, 0.5) is 0 Å². The van der Waals surface area contributed by atoms with Crippen LogP contribution in [0.5, 0.6) is 0 Å². The highest BCUT2D eigenvalue weighted by Crippen LogP contribution is 2.27. The van der Waals surface area contributed by atoms with Gasteiger partial charge in [0.15, 0.2) is 5.82 Å². The first-order valence-corrected chi connectivity index (χ1v) is 9.18. The average Bonchev–Trinajstić information content (AvgIpc) is 3.37. The van der Waals surface area contributed by atoms with E-state index in [1.54, 1.807) is 17.1 Å². The van der Waals surface area contributed by atoms with Gasteiger partial charge < -0.3 is 9.47 Å². The van der Waals surface area contributed by atoms with Gasteiger partial charge in [0.25, 0.3) is 5.91 Å². The summed E-state index contributed by atoms with van der Waals surface area (Å²) in [6.45, 7) is 3.88. The van der Waals surface area contributed by atoms with Gasteiger partial charge in [0, 0.05) is 51.7 Å². The molecular formula is C18H24N8O. The van der Waals surface area contributed by atoms with Crippen LogP contribution in [0.25, 0.3) is 0 Å². The van der Waals surface area contributed by atoms with Crippen LogP contribution in [0, 0.1) is 6.92 Å². The molecule has 0 spiro atoms. The summed E-state index contributed by atoms with van der Waals surface area (Å²) in [5.41, 5.74) is 1.44. The van der Waals surface area contributed by atoms with Crippen LogP contribution in [0.3, 0.4) is 0 Å². The maximum atomic E-state index is 12.9. The van der Waals surface area contributed by atoms with Gasteiger partial charge in [0.2, 0.25) is 0 Å². The summed E-state index contributed by atoms with van der Waals surface area (Å²) in [6, 6.07) is 1.89. The predicted molar refractivity (Wildman–Crippen MR) is 98.2 cm³/mol. The predicted octanol–water partition coefficient (Wildman–Crippen LogP) is 1.12. The molecule has 3 aromatic rings. The molecule has 1 atom stereocenters. The number of likely N-dealkylation sites (tertiary alicyclic amines) is 1. The van der Waals surface area contributed by atoms with Gasteiger partial charge in [-0.15, -0.1) is 10.2 Å². The molecule has 9 nitrogen and oxygen atoms in total. The lowest BCUT2D eigenvalue weighted by molar-refractivity contribution is 0.0702. The smallest absolute Gasteiger partial charge is 0.257 e. The summed E-state index contributed by atoms with van der Waals surface area (Å²) in [6.07, 6.45) is 7.42. The number of aromatic nitrogens is 7. The van der Waals surface area contributed by atoms with Gasteiger partial charge in [0.05, 0.1) is 11.3 Å². The number of amides is 1. The summed E-state index contributed by atoms with van der Waals surface area (Å²) < 4.78 is 5.56. The van der Waals surface area contributed by atoms with Crippen LogP contribution in [0.2, 0.25) is 0 Å². The molecule has 142 valence electrons. The molecule has 1 unspecified atom stereocenters. The van der Waals surface area contributed by atoms with E-state index >= 15 is 0 Å². The Kier molecular flexibility index (Phi) is 4.51. The zero-order valence-corrected chi connectivity index (χ0v) is 15.9. The Bertz CT molecular complexity index is 939. The minimum atomic E-state index is 0.0456. The Morgan fingerprint density at radius 1 is 1.30 bits per heavy atom. The molecule has 1 amide bonds. The quantitative estimate of drug-likeness (QED) is 0.689.